The fraction of sp³-hybridized carbons (Fsp3) is 0.143. The summed E-state index contributed by atoms with van der Waals surface area (Å²) in [7, 11) is 0. The van der Waals surface area contributed by atoms with Gasteiger partial charge < -0.3 is 19.7 Å². The van der Waals surface area contributed by atoms with Gasteiger partial charge in [0.05, 0.1) is 6.20 Å². The minimum Gasteiger partial charge on any atom is -0.454 e. The molecule has 2 heterocycles. The number of amides is 2. The number of hydrogen-bond acceptors (Lipinski definition) is 6. The minimum absolute atomic E-state index is 0.0713. The zero-order valence-corrected chi connectivity index (χ0v) is 19.9. The standard InChI is InChI=1S/C28H23FN4O4/c1-18-4-2-3-5-22(18)26(27(34)32-21-9-7-20(29)8-10-21)33(28(35)23-15-30-12-13-31-23)16-19-6-11-24-25(14-19)37-17-36-24/h2-15,26H,16-17H2,1H3,(H,32,34)/t26-/m0/s1. The number of rotatable bonds is 7. The summed E-state index contributed by atoms with van der Waals surface area (Å²) < 4.78 is 24.4. The average Bonchev–Trinajstić information content (AvgIpc) is 3.39. The number of aryl methyl sites for hydroxylation is 1. The summed E-state index contributed by atoms with van der Waals surface area (Å²) in [6, 6.07) is 17.1. The molecule has 2 amide bonds. The number of halogens is 1. The molecule has 1 aliphatic rings. The molecule has 1 aromatic heterocycles. The first kappa shape index (κ1) is 23.9. The Morgan fingerprint density at radius 3 is 2.57 bits per heavy atom. The Kier molecular flexibility index (Phi) is 6.76. The maximum atomic E-state index is 13.8. The van der Waals surface area contributed by atoms with Crippen molar-refractivity contribution in [3.8, 4) is 11.5 Å². The molecule has 0 fully saturated rings. The van der Waals surface area contributed by atoms with E-state index in [9.17, 15) is 14.0 Å². The fourth-order valence-corrected chi connectivity index (χ4v) is 4.16. The number of ether oxygens (including phenoxy) is 2. The molecule has 5 rings (SSSR count). The van der Waals surface area contributed by atoms with E-state index in [1.54, 1.807) is 18.2 Å². The maximum absolute atomic E-state index is 13.8. The highest BCUT2D eigenvalue weighted by molar-refractivity contribution is 6.01. The van der Waals surface area contributed by atoms with Crippen molar-refractivity contribution in [3.63, 3.8) is 0 Å². The van der Waals surface area contributed by atoms with Gasteiger partial charge >= 0.3 is 0 Å². The lowest BCUT2D eigenvalue weighted by molar-refractivity contribution is -0.121. The van der Waals surface area contributed by atoms with Gasteiger partial charge in [0, 0.05) is 24.6 Å². The summed E-state index contributed by atoms with van der Waals surface area (Å²) in [5.74, 6) is -0.185. The van der Waals surface area contributed by atoms with Gasteiger partial charge in [0.25, 0.3) is 11.8 Å². The lowest BCUT2D eigenvalue weighted by Crippen LogP contribution is -2.41. The van der Waals surface area contributed by atoms with Crippen LogP contribution < -0.4 is 14.8 Å². The molecular weight excluding hydrogens is 475 g/mol. The molecule has 1 atom stereocenters. The van der Waals surface area contributed by atoms with Gasteiger partial charge in [-0.25, -0.2) is 9.37 Å². The van der Waals surface area contributed by atoms with Crippen molar-refractivity contribution < 1.29 is 23.5 Å². The molecule has 0 saturated heterocycles. The third-order valence-electron chi connectivity index (χ3n) is 5.99. The average molecular weight is 499 g/mol. The quantitative estimate of drug-likeness (QED) is 0.398. The highest BCUT2D eigenvalue weighted by Crippen LogP contribution is 2.34. The fourth-order valence-electron chi connectivity index (χ4n) is 4.16. The number of nitrogens with one attached hydrogen (secondary N) is 1. The Bertz CT molecular complexity index is 1430. The molecule has 0 spiro atoms. The maximum Gasteiger partial charge on any atom is 0.275 e. The van der Waals surface area contributed by atoms with E-state index in [2.05, 4.69) is 15.3 Å². The molecule has 9 heteroatoms. The molecule has 37 heavy (non-hydrogen) atoms. The molecule has 0 aliphatic carbocycles. The molecule has 0 radical (unpaired) electrons. The number of fused-ring (bicyclic) bond motifs is 1. The van der Waals surface area contributed by atoms with Crippen LogP contribution >= 0.6 is 0 Å². The van der Waals surface area contributed by atoms with Crippen molar-refractivity contribution in [1.82, 2.24) is 14.9 Å². The van der Waals surface area contributed by atoms with Crippen molar-refractivity contribution in [2.75, 3.05) is 12.1 Å². The summed E-state index contributed by atoms with van der Waals surface area (Å²) in [5.41, 5.74) is 2.69. The predicted octanol–water partition coefficient (Wildman–Crippen LogP) is 4.68. The summed E-state index contributed by atoms with van der Waals surface area (Å²) >= 11 is 0. The Balaban J connectivity index is 1.58. The first-order valence-corrected chi connectivity index (χ1v) is 11.6. The van der Waals surface area contributed by atoms with E-state index in [4.69, 9.17) is 9.47 Å². The number of aromatic nitrogens is 2. The normalized spacial score (nSPS) is 12.6. The smallest absolute Gasteiger partial charge is 0.275 e. The Morgan fingerprint density at radius 1 is 1.03 bits per heavy atom. The topological polar surface area (TPSA) is 93.7 Å². The van der Waals surface area contributed by atoms with Crippen LogP contribution in [0, 0.1) is 12.7 Å². The van der Waals surface area contributed by atoms with Gasteiger partial charge in [-0.05, 0) is 60.0 Å². The number of anilines is 1. The molecule has 3 aromatic carbocycles. The van der Waals surface area contributed by atoms with Crippen molar-refractivity contribution in [2.24, 2.45) is 0 Å². The van der Waals surface area contributed by atoms with Crippen molar-refractivity contribution in [3.05, 3.63) is 114 Å². The molecule has 186 valence electrons. The summed E-state index contributed by atoms with van der Waals surface area (Å²) in [6.07, 6.45) is 4.26. The number of carbonyl (C=O) groups is 2. The molecule has 0 unspecified atom stereocenters. The van der Waals surface area contributed by atoms with Gasteiger partial charge in [0.1, 0.15) is 17.6 Å². The zero-order chi connectivity index (χ0) is 25.8. The highest BCUT2D eigenvalue weighted by atomic mass is 19.1. The monoisotopic (exact) mass is 498 g/mol. The van der Waals surface area contributed by atoms with E-state index in [1.807, 2.05) is 31.2 Å². The molecule has 1 N–H and O–H groups in total. The van der Waals surface area contributed by atoms with Crippen molar-refractivity contribution in [1.29, 1.82) is 0 Å². The van der Waals surface area contributed by atoms with Crippen LogP contribution in [0.3, 0.4) is 0 Å². The van der Waals surface area contributed by atoms with Crippen LogP contribution in [-0.2, 0) is 11.3 Å². The molecule has 0 bridgehead atoms. The van der Waals surface area contributed by atoms with E-state index in [0.717, 1.165) is 11.1 Å². The second-order valence-corrected chi connectivity index (χ2v) is 8.47. The van der Waals surface area contributed by atoms with Gasteiger partial charge in [-0.2, -0.15) is 0 Å². The zero-order valence-electron chi connectivity index (χ0n) is 19.9. The summed E-state index contributed by atoms with van der Waals surface area (Å²) in [6.45, 7) is 2.06. The number of benzene rings is 3. The van der Waals surface area contributed by atoms with E-state index >= 15 is 0 Å². The molecule has 8 nitrogen and oxygen atoms in total. The van der Waals surface area contributed by atoms with Crippen molar-refractivity contribution >= 4 is 17.5 Å². The van der Waals surface area contributed by atoms with E-state index in [-0.39, 0.29) is 19.0 Å². The molecular formula is C28H23FN4O4. The second-order valence-electron chi connectivity index (χ2n) is 8.47. The van der Waals surface area contributed by atoms with Crippen LogP contribution in [0.25, 0.3) is 0 Å². The molecule has 1 aliphatic heterocycles. The Morgan fingerprint density at radius 2 is 1.81 bits per heavy atom. The number of nitrogens with zero attached hydrogens (tertiary/aromatic N) is 3. The molecule has 0 saturated carbocycles. The van der Waals surface area contributed by atoms with Gasteiger partial charge in [-0.15, -0.1) is 0 Å². The van der Waals surface area contributed by atoms with Gasteiger partial charge in [-0.1, -0.05) is 30.3 Å². The highest BCUT2D eigenvalue weighted by Gasteiger charge is 2.34. The van der Waals surface area contributed by atoms with Gasteiger partial charge in [0.15, 0.2) is 11.5 Å². The van der Waals surface area contributed by atoms with Crippen LogP contribution in [-0.4, -0.2) is 33.5 Å². The third-order valence-corrected chi connectivity index (χ3v) is 5.99. The lowest BCUT2D eigenvalue weighted by atomic mass is 9.97. The number of carbonyl (C=O) groups excluding carboxylic acids is 2. The predicted molar refractivity (Wildman–Crippen MR) is 133 cm³/mol. The number of hydrogen-bond donors (Lipinski definition) is 1. The van der Waals surface area contributed by atoms with Crippen LogP contribution in [0.5, 0.6) is 11.5 Å². The van der Waals surface area contributed by atoms with Crippen molar-refractivity contribution in [2.45, 2.75) is 19.5 Å². The van der Waals surface area contributed by atoms with E-state index in [0.29, 0.717) is 22.7 Å². The Hall–Kier alpha value is -4.79. The lowest BCUT2D eigenvalue weighted by Gasteiger charge is -2.32. The van der Waals surface area contributed by atoms with E-state index in [1.165, 1.54) is 47.8 Å². The van der Waals surface area contributed by atoms with Crippen LogP contribution in [0.4, 0.5) is 10.1 Å². The second kappa shape index (κ2) is 10.4. The summed E-state index contributed by atoms with van der Waals surface area (Å²) in [5, 5.41) is 2.83. The van der Waals surface area contributed by atoms with Crippen LogP contribution in [0.2, 0.25) is 0 Å². The first-order chi connectivity index (χ1) is 18.0. The minimum atomic E-state index is -1.04. The van der Waals surface area contributed by atoms with Crippen LogP contribution in [0.1, 0.15) is 33.2 Å². The van der Waals surface area contributed by atoms with Gasteiger partial charge in [0.2, 0.25) is 6.79 Å². The molecule has 4 aromatic rings. The van der Waals surface area contributed by atoms with Gasteiger partial charge in [-0.3, -0.25) is 14.6 Å². The largest absolute Gasteiger partial charge is 0.454 e. The third kappa shape index (κ3) is 5.25. The van der Waals surface area contributed by atoms with Crippen LogP contribution in [0.15, 0.2) is 85.3 Å². The first-order valence-electron chi connectivity index (χ1n) is 11.6. The summed E-state index contributed by atoms with van der Waals surface area (Å²) in [4.78, 5) is 37.3. The van der Waals surface area contributed by atoms with E-state index < -0.39 is 23.7 Å². The SMILES string of the molecule is Cc1ccccc1[C@@H](C(=O)Nc1ccc(F)cc1)N(Cc1ccc2c(c1)OCO2)C(=O)c1cnccn1. The Labute approximate surface area is 212 Å².